The van der Waals surface area contributed by atoms with Gasteiger partial charge in [0.2, 0.25) is 0 Å². The third kappa shape index (κ3) is 3.13. The monoisotopic (exact) mass is 254 g/mol. The van der Waals surface area contributed by atoms with Crippen molar-refractivity contribution in [3.05, 3.63) is 59.7 Å². The van der Waals surface area contributed by atoms with E-state index >= 15 is 0 Å². The van der Waals surface area contributed by atoms with Crippen molar-refractivity contribution in [2.24, 2.45) is 0 Å². The molecule has 0 spiro atoms. The Morgan fingerprint density at radius 2 is 1.68 bits per heavy atom. The minimum Gasteiger partial charge on any atom is -0.308 e. The summed E-state index contributed by atoms with van der Waals surface area (Å²) in [5, 5.41) is 2.90. The number of amides is 2. The number of rotatable bonds is 2. The third-order valence-corrected chi connectivity index (χ3v) is 3.21. The van der Waals surface area contributed by atoms with Crippen LogP contribution in [0.15, 0.2) is 48.5 Å². The van der Waals surface area contributed by atoms with Gasteiger partial charge < -0.3 is 5.32 Å². The van der Waals surface area contributed by atoms with Crippen LogP contribution >= 0.6 is 0 Å². The molecule has 1 N–H and O–H groups in total. The molecular formula is C16H18N2O. The van der Waals surface area contributed by atoms with Crippen molar-refractivity contribution in [1.82, 2.24) is 0 Å². The number of benzene rings is 2. The Morgan fingerprint density at radius 3 is 2.32 bits per heavy atom. The van der Waals surface area contributed by atoms with E-state index < -0.39 is 0 Å². The van der Waals surface area contributed by atoms with Crippen LogP contribution in [0.5, 0.6) is 0 Å². The summed E-state index contributed by atoms with van der Waals surface area (Å²) in [5.74, 6) is 0. The van der Waals surface area contributed by atoms with E-state index in [9.17, 15) is 4.79 Å². The number of carbonyl (C=O) groups is 1. The number of aryl methyl sites for hydroxylation is 2. The van der Waals surface area contributed by atoms with E-state index in [2.05, 4.69) is 12.2 Å². The smallest absolute Gasteiger partial charge is 0.308 e. The van der Waals surface area contributed by atoms with Gasteiger partial charge in [0.15, 0.2) is 0 Å². The molecular weight excluding hydrogens is 236 g/mol. The van der Waals surface area contributed by atoms with E-state index in [1.54, 1.807) is 11.9 Å². The van der Waals surface area contributed by atoms with Gasteiger partial charge in [0.05, 0.1) is 0 Å². The normalized spacial score (nSPS) is 10.1. The van der Waals surface area contributed by atoms with Gasteiger partial charge in [0.1, 0.15) is 0 Å². The van der Waals surface area contributed by atoms with Crippen LogP contribution in [-0.4, -0.2) is 13.1 Å². The molecule has 0 aliphatic rings. The van der Waals surface area contributed by atoms with Crippen molar-refractivity contribution in [3.63, 3.8) is 0 Å². The highest BCUT2D eigenvalue weighted by Gasteiger charge is 2.10. The summed E-state index contributed by atoms with van der Waals surface area (Å²) >= 11 is 0. The van der Waals surface area contributed by atoms with Crippen LogP contribution in [0.25, 0.3) is 0 Å². The first-order valence-electron chi connectivity index (χ1n) is 6.25. The molecule has 0 unspecified atom stereocenters. The lowest BCUT2D eigenvalue weighted by molar-refractivity contribution is 0.258. The predicted molar refractivity (Wildman–Crippen MR) is 79.8 cm³/mol. The molecule has 0 saturated heterocycles. The van der Waals surface area contributed by atoms with Crippen LogP contribution in [0, 0.1) is 13.8 Å². The molecule has 0 aromatic heterocycles. The maximum absolute atomic E-state index is 12.1. The molecule has 3 nitrogen and oxygen atoms in total. The van der Waals surface area contributed by atoms with E-state index in [4.69, 9.17) is 0 Å². The molecule has 2 aromatic carbocycles. The number of hydrogen-bond donors (Lipinski definition) is 1. The molecule has 0 radical (unpaired) electrons. The predicted octanol–water partition coefficient (Wildman–Crippen LogP) is 3.97. The maximum atomic E-state index is 12.1. The SMILES string of the molecule is Cc1ccc(NC(=O)N(C)c2ccccc2)cc1C. The van der Waals surface area contributed by atoms with Crippen molar-refractivity contribution in [1.29, 1.82) is 0 Å². The van der Waals surface area contributed by atoms with Crippen LogP contribution in [0.2, 0.25) is 0 Å². The van der Waals surface area contributed by atoms with E-state index in [-0.39, 0.29) is 6.03 Å². The molecule has 0 fully saturated rings. The highest BCUT2D eigenvalue weighted by atomic mass is 16.2. The van der Waals surface area contributed by atoms with Gasteiger partial charge in [-0.15, -0.1) is 0 Å². The van der Waals surface area contributed by atoms with Crippen LogP contribution in [0.1, 0.15) is 11.1 Å². The molecule has 0 heterocycles. The standard InChI is InChI=1S/C16H18N2O/c1-12-9-10-14(11-13(12)2)17-16(19)18(3)15-7-5-4-6-8-15/h4-11H,1-3H3,(H,17,19). The van der Waals surface area contributed by atoms with Crippen LogP contribution in [0.4, 0.5) is 16.2 Å². The maximum Gasteiger partial charge on any atom is 0.326 e. The Labute approximate surface area is 113 Å². The van der Waals surface area contributed by atoms with Crippen molar-refractivity contribution < 1.29 is 4.79 Å². The minimum absolute atomic E-state index is 0.144. The summed E-state index contributed by atoms with van der Waals surface area (Å²) in [6.45, 7) is 4.09. The summed E-state index contributed by atoms with van der Waals surface area (Å²) in [6.07, 6.45) is 0. The Morgan fingerprint density at radius 1 is 1.00 bits per heavy atom. The number of hydrogen-bond acceptors (Lipinski definition) is 1. The Hall–Kier alpha value is -2.29. The highest BCUT2D eigenvalue weighted by Crippen LogP contribution is 2.16. The Kier molecular flexibility index (Phi) is 3.85. The number of anilines is 2. The summed E-state index contributed by atoms with van der Waals surface area (Å²) in [5.41, 5.74) is 4.06. The number of urea groups is 1. The second-order valence-electron chi connectivity index (χ2n) is 4.62. The molecule has 0 bridgehead atoms. The average molecular weight is 254 g/mol. The molecule has 0 aliphatic heterocycles. The first-order valence-corrected chi connectivity index (χ1v) is 6.25. The quantitative estimate of drug-likeness (QED) is 0.864. The molecule has 3 heteroatoms. The summed E-state index contributed by atoms with van der Waals surface area (Å²) in [6, 6.07) is 15.3. The first kappa shape index (κ1) is 13.1. The van der Waals surface area contributed by atoms with E-state index in [1.807, 2.05) is 55.5 Å². The lowest BCUT2D eigenvalue weighted by Gasteiger charge is -2.18. The lowest BCUT2D eigenvalue weighted by atomic mass is 10.1. The van der Waals surface area contributed by atoms with Crippen molar-refractivity contribution >= 4 is 17.4 Å². The van der Waals surface area contributed by atoms with Gasteiger partial charge in [0, 0.05) is 18.4 Å². The average Bonchev–Trinajstić information content (AvgIpc) is 2.43. The minimum atomic E-state index is -0.144. The molecule has 19 heavy (non-hydrogen) atoms. The van der Waals surface area contributed by atoms with Gasteiger partial charge in [-0.1, -0.05) is 24.3 Å². The van der Waals surface area contributed by atoms with Crippen molar-refractivity contribution in [2.45, 2.75) is 13.8 Å². The fourth-order valence-corrected chi connectivity index (χ4v) is 1.80. The van der Waals surface area contributed by atoms with Crippen molar-refractivity contribution in [3.8, 4) is 0 Å². The zero-order chi connectivity index (χ0) is 13.8. The van der Waals surface area contributed by atoms with Gasteiger partial charge in [-0.3, -0.25) is 4.90 Å². The molecule has 98 valence electrons. The zero-order valence-electron chi connectivity index (χ0n) is 11.5. The number of nitrogens with zero attached hydrogens (tertiary/aromatic N) is 1. The summed E-state index contributed by atoms with van der Waals surface area (Å²) < 4.78 is 0. The van der Waals surface area contributed by atoms with E-state index in [1.165, 1.54) is 11.1 Å². The number of nitrogens with one attached hydrogen (secondary N) is 1. The fraction of sp³-hybridized carbons (Fsp3) is 0.188. The third-order valence-electron chi connectivity index (χ3n) is 3.21. The topological polar surface area (TPSA) is 32.3 Å². The molecule has 0 atom stereocenters. The largest absolute Gasteiger partial charge is 0.326 e. The Bertz CT molecular complexity index is 579. The number of para-hydroxylation sites is 1. The van der Waals surface area contributed by atoms with Crippen LogP contribution in [-0.2, 0) is 0 Å². The van der Waals surface area contributed by atoms with Gasteiger partial charge in [-0.05, 0) is 49.2 Å². The van der Waals surface area contributed by atoms with E-state index in [0.717, 1.165) is 11.4 Å². The fourth-order valence-electron chi connectivity index (χ4n) is 1.80. The van der Waals surface area contributed by atoms with Gasteiger partial charge in [-0.25, -0.2) is 4.79 Å². The number of carbonyl (C=O) groups excluding carboxylic acids is 1. The molecule has 2 aromatic rings. The molecule has 2 rings (SSSR count). The van der Waals surface area contributed by atoms with Crippen molar-refractivity contribution in [2.75, 3.05) is 17.3 Å². The lowest BCUT2D eigenvalue weighted by Crippen LogP contribution is -2.31. The van der Waals surface area contributed by atoms with Gasteiger partial charge in [0.25, 0.3) is 0 Å². The summed E-state index contributed by atoms with van der Waals surface area (Å²) in [4.78, 5) is 13.7. The Balaban J connectivity index is 2.10. The summed E-state index contributed by atoms with van der Waals surface area (Å²) in [7, 11) is 1.76. The zero-order valence-corrected chi connectivity index (χ0v) is 11.5. The highest BCUT2D eigenvalue weighted by molar-refractivity contribution is 6.01. The van der Waals surface area contributed by atoms with Gasteiger partial charge >= 0.3 is 6.03 Å². The second kappa shape index (κ2) is 5.57. The molecule has 2 amide bonds. The molecule has 0 saturated carbocycles. The second-order valence-corrected chi connectivity index (χ2v) is 4.62. The first-order chi connectivity index (χ1) is 9.08. The van der Waals surface area contributed by atoms with Crippen LogP contribution in [0.3, 0.4) is 0 Å². The molecule has 0 aliphatic carbocycles. The van der Waals surface area contributed by atoms with E-state index in [0.29, 0.717) is 0 Å². The van der Waals surface area contributed by atoms with Gasteiger partial charge in [-0.2, -0.15) is 0 Å². The van der Waals surface area contributed by atoms with Crippen LogP contribution < -0.4 is 10.2 Å².